The first-order chi connectivity index (χ1) is 13.8. The molecular formula is C25H29NO3. The van der Waals surface area contributed by atoms with E-state index >= 15 is 0 Å². The fourth-order valence-corrected chi connectivity index (χ4v) is 3.36. The molecule has 3 aromatic rings. The number of fused-ring (bicyclic) bond motifs is 1. The second-order valence-corrected chi connectivity index (χ2v) is 7.65. The maximum absolute atomic E-state index is 12.6. The predicted octanol–water partition coefficient (Wildman–Crippen LogP) is 6.61. The van der Waals surface area contributed by atoms with E-state index in [1.54, 1.807) is 6.08 Å². The number of allylic oxidation sites excluding steroid dienone is 1. The molecule has 0 unspecified atom stereocenters. The normalized spacial score (nSPS) is 11.9. The minimum atomic E-state index is -0.164. The number of rotatable bonds is 6. The van der Waals surface area contributed by atoms with E-state index in [0.29, 0.717) is 12.5 Å². The zero-order valence-corrected chi connectivity index (χ0v) is 18.1. The molecule has 1 amide bonds. The van der Waals surface area contributed by atoms with Crippen LogP contribution < -0.4 is 10.1 Å². The lowest BCUT2D eigenvalue weighted by Crippen LogP contribution is -2.09. The third-order valence-corrected chi connectivity index (χ3v) is 5.19. The molecule has 0 spiro atoms. The Morgan fingerprint density at radius 3 is 2.48 bits per heavy atom. The number of hydrogen-bond donors (Lipinski definition) is 1. The van der Waals surface area contributed by atoms with Gasteiger partial charge in [0.15, 0.2) is 0 Å². The van der Waals surface area contributed by atoms with Crippen LogP contribution in [0.15, 0.2) is 46.9 Å². The molecule has 0 atom stereocenters. The van der Waals surface area contributed by atoms with Gasteiger partial charge in [-0.05, 0) is 68.5 Å². The van der Waals surface area contributed by atoms with Gasteiger partial charge in [0.2, 0.25) is 5.91 Å². The fourth-order valence-electron chi connectivity index (χ4n) is 3.36. The molecule has 1 aromatic heterocycles. The van der Waals surface area contributed by atoms with Gasteiger partial charge in [-0.3, -0.25) is 4.79 Å². The lowest BCUT2D eigenvalue weighted by atomic mass is 10.0. The molecule has 1 N–H and O–H groups in total. The standard InChI is InChI=1S/C25H29NO3/c1-7-28-23-14-24-22(17(5)18(6)29-24)13-21(23)16(4)12-25(27)26-20-10-8-19(9-11-20)15(2)3/h8-15H,7H2,1-6H3,(H,26,27)/b16-12+. The summed E-state index contributed by atoms with van der Waals surface area (Å²) in [4.78, 5) is 12.6. The maximum atomic E-state index is 12.6. The Morgan fingerprint density at radius 1 is 1.17 bits per heavy atom. The number of hydrogen-bond acceptors (Lipinski definition) is 3. The number of furan rings is 1. The van der Waals surface area contributed by atoms with E-state index in [9.17, 15) is 4.79 Å². The molecular weight excluding hydrogens is 362 g/mol. The van der Waals surface area contributed by atoms with Crippen LogP contribution in [0.2, 0.25) is 0 Å². The van der Waals surface area contributed by atoms with Gasteiger partial charge in [-0.1, -0.05) is 26.0 Å². The highest BCUT2D eigenvalue weighted by molar-refractivity contribution is 6.04. The number of nitrogens with one attached hydrogen (secondary N) is 1. The maximum Gasteiger partial charge on any atom is 0.248 e. The van der Waals surface area contributed by atoms with Gasteiger partial charge in [-0.15, -0.1) is 0 Å². The van der Waals surface area contributed by atoms with Crippen molar-refractivity contribution in [3.8, 4) is 5.75 Å². The predicted molar refractivity (Wildman–Crippen MR) is 120 cm³/mol. The number of anilines is 1. The van der Waals surface area contributed by atoms with Crippen LogP contribution >= 0.6 is 0 Å². The lowest BCUT2D eigenvalue weighted by Gasteiger charge is -2.12. The van der Waals surface area contributed by atoms with Crippen LogP contribution in [-0.4, -0.2) is 12.5 Å². The van der Waals surface area contributed by atoms with E-state index in [1.807, 2.05) is 64.1 Å². The van der Waals surface area contributed by atoms with Crippen LogP contribution in [-0.2, 0) is 4.79 Å². The molecule has 0 saturated heterocycles. The summed E-state index contributed by atoms with van der Waals surface area (Å²) in [5, 5.41) is 3.98. The van der Waals surface area contributed by atoms with Crippen molar-refractivity contribution in [2.24, 2.45) is 0 Å². The van der Waals surface area contributed by atoms with Gasteiger partial charge in [0, 0.05) is 28.8 Å². The van der Waals surface area contributed by atoms with E-state index in [4.69, 9.17) is 9.15 Å². The summed E-state index contributed by atoms with van der Waals surface area (Å²) in [6.45, 7) is 12.7. The largest absolute Gasteiger partial charge is 0.493 e. The summed E-state index contributed by atoms with van der Waals surface area (Å²) in [5.74, 6) is 1.91. The van der Waals surface area contributed by atoms with Crippen molar-refractivity contribution < 1.29 is 13.9 Å². The Balaban J connectivity index is 1.89. The summed E-state index contributed by atoms with van der Waals surface area (Å²) >= 11 is 0. The van der Waals surface area contributed by atoms with Crippen molar-refractivity contribution in [3.63, 3.8) is 0 Å². The van der Waals surface area contributed by atoms with Gasteiger partial charge in [0.1, 0.15) is 17.1 Å². The van der Waals surface area contributed by atoms with E-state index < -0.39 is 0 Å². The highest BCUT2D eigenvalue weighted by atomic mass is 16.5. The SMILES string of the molecule is CCOc1cc2oc(C)c(C)c2cc1/C(C)=C/C(=O)Nc1ccc(C(C)C)cc1. The van der Waals surface area contributed by atoms with Gasteiger partial charge in [-0.2, -0.15) is 0 Å². The Labute approximate surface area is 172 Å². The van der Waals surface area contributed by atoms with Crippen LogP contribution in [0.25, 0.3) is 16.5 Å². The molecule has 4 heteroatoms. The van der Waals surface area contributed by atoms with Crippen LogP contribution in [0.1, 0.15) is 56.1 Å². The van der Waals surface area contributed by atoms with Crippen molar-refractivity contribution in [1.29, 1.82) is 0 Å². The number of carbonyl (C=O) groups excluding carboxylic acids is 1. The first-order valence-electron chi connectivity index (χ1n) is 10.1. The number of benzene rings is 2. The number of amides is 1. The monoisotopic (exact) mass is 391 g/mol. The minimum absolute atomic E-state index is 0.164. The number of carbonyl (C=O) groups is 1. The van der Waals surface area contributed by atoms with Gasteiger partial charge in [0.05, 0.1) is 6.61 Å². The van der Waals surface area contributed by atoms with Crippen LogP contribution in [0.5, 0.6) is 5.75 Å². The van der Waals surface area contributed by atoms with Gasteiger partial charge in [0.25, 0.3) is 0 Å². The van der Waals surface area contributed by atoms with Crippen molar-refractivity contribution in [2.75, 3.05) is 11.9 Å². The molecule has 0 saturated carbocycles. The summed E-state index contributed by atoms with van der Waals surface area (Å²) in [7, 11) is 0. The Morgan fingerprint density at radius 2 is 1.86 bits per heavy atom. The molecule has 1 heterocycles. The molecule has 29 heavy (non-hydrogen) atoms. The Kier molecular flexibility index (Phi) is 6.12. The highest BCUT2D eigenvalue weighted by Crippen LogP contribution is 2.35. The number of ether oxygens (including phenoxy) is 1. The summed E-state index contributed by atoms with van der Waals surface area (Å²) < 4.78 is 11.6. The van der Waals surface area contributed by atoms with Crippen molar-refractivity contribution in [3.05, 3.63) is 64.9 Å². The van der Waals surface area contributed by atoms with Crippen LogP contribution in [0, 0.1) is 13.8 Å². The first kappa shape index (κ1) is 20.7. The molecule has 0 bridgehead atoms. The molecule has 0 aliphatic rings. The van der Waals surface area contributed by atoms with E-state index in [1.165, 1.54) is 5.56 Å². The first-order valence-corrected chi connectivity index (χ1v) is 10.1. The Hall–Kier alpha value is -3.01. The Bertz CT molecular complexity index is 1060. The van der Waals surface area contributed by atoms with Crippen molar-refractivity contribution >= 4 is 28.1 Å². The third-order valence-electron chi connectivity index (χ3n) is 5.19. The lowest BCUT2D eigenvalue weighted by molar-refractivity contribution is -0.111. The van der Waals surface area contributed by atoms with Crippen molar-refractivity contribution in [2.45, 2.75) is 47.5 Å². The summed E-state index contributed by atoms with van der Waals surface area (Å²) in [6.07, 6.45) is 1.61. The molecule has 152 valence electrons. The number of aryl methyl sites for hydroxylation is 2. The highest BCUT2D eigenvalue weighted by Gasteiger charge is 2.14. The molecule has 0 aliphatic heterocycles. The summed E-state index contributed by atoms with van der Waals surface area (Å²) in [6, 6.07) is 11.9. The van der Waals surface area contributed by atoms with Crippen molar-refractivity contribution in [1.82, 2.24) is 0 Å². The minimum Gasteiger partial charge on any atom is -0.493 e. The van der Waals surface area contributed by atoms with Crippen LogP contribution in [0.4, 0.5) is 5.69 Å². The zero-order chi connectivity index (χ0) is 21.1. The summed E-state index contributed by atoms with van der Waals surface area (Å²) in [5.41, 5.74) is 5.67. The quantitative estimate of drug-likeness (QED) is 0.481. The average Bonchev–Trinajstić information content (AvgIpc) is 2.95. The van der Waals surface area contributed by atoms with Gasteiger partial charge < -0.3 is 14.5 Å². The molecule has 0 fully saturated rings. The molecule has 2 aromatic carbocycles. The molecule has 0 radical (unpaired) electrons. The second-order valence-electron chi connectivity index (χ2n) is 7.65. The van der Waals surface area contributed by atoms with E-state index in [0.717, 1.165) is 44.9 Å². The van der Waals surface area contributed by atoms with E-state index in [-0.39, 0.29) is 5.91 Å². The molecule has 0 aliphatic carbocycles. The van der Waals surface area contributed by atoms with Gasteiger partial charge >= 0.3 is 0 Å². The fraction of sp³-hybridized carbons (Fsp3) is 0.320. The molecule has 3 rings (SSSR count). The smallest absolute Gasteiger partial charge is 0.248 e. The second kappa shape index (κ2) is 8.56. The zero-order valence-electron chi connectivity index (χ0n) is 18.1. The van der Waals surface area contributed by atoms with E-state index in [2.05, 4.69) is 19.2 Å². The van der Waals surface area contributed by atoms with Crippen LogP contribution in [0.3, 0.4) is 0 Å². The third kappa shape index (κ3) is 4.53. The average molecular weight is 392 g/mol. The molecule has 4 nitrogen and oxygen atoms in total. The topological polar surface area (TPSA) is 51.5 Å². The van der Waals surface area contributed by atoms with Gasteiger partial charge in [-0.25, -0.2) is 0 Å².